The second-order valence-electron chi connectivity index (χ2n) is 9.46. The molecule has 1 aliphatic carbocycles. The molecule has 1 saturated heterocycles. The molecule has 3 amide bonds. The molecule has 2 aromatic rings. The minimum Gasteiger partial charge on any atom is -0.326 e. The van der Waals surface area contributed by atoms with E-state index in [4.69, 9.17) is 0 Å². The Bertz CT molecular complexity index is 1010. The number of hydrogen-bond acceptors (Lipinski definition) is 3. The average Bonchev–Trinajstić information content (AvgIpc) is 3.12. The van der Waals surface area contributed by atoms with E-state index in [1.54, 1.807) is 29.2 Å². The Labute approximate surface area is 194 Å². The molecule has 0 aromatic heterocycles. The van der Waals surface area contributed by atoms with Gasteiger partial charge in [0, 0.05) is 12.5 Å². The fourth-order valence-electron chi connectivity index (χ4n) is 4.85. The molecule has 1 unspecified atom stereocenters. The first-order valence-electron chi connectivity index (χ1n) is 11.9. The van der Waals surface area contributed by atoms with E-state index in [2.05, 4.69) is 13.8 Å². The molecule has 1 atom stereocenters. The SMILES string of the molecule is CC(C)c1ccc(N2C(=O)CC(N(Cc3ccc(F)cc3)C(=O)C3CCCCC3)C2=O)cc1. The lowest BCUT2D eigenvalue weighted by atomic mass is 9.87. The zero-order chi connectivity index (χ0) is 23.5. The zero-order valence-electron chi connectivity index (χ0n) is 19.3. The fraction of sp³-hybridized carbons (Fsp3) is 0.444. The summed E-state index contributed by atoms with van der Waals surface area (Å²) >= 11 is 0. The van der Waals surface area contributed by atoms with Crippen LogP contribution in [0.25, 0.3) is 0 Å². The molecular formula is C27H31FN2O3. The highest BCUT2D eigenvalue weighted by Crippen LogP contribution is 2.32. The first-order valence-corrected chi connectivity index (χ1v) is 11.9. The number of nitrogens with zero attached hydrogens (tertiary/aromatic N) is 2. The predicted octanol–water partition coefficient (Wildman–Crippen LogP) is 5.19. The molecule has 1 aliphatic heterocycles. The number of amides is 3. The summed E-state index contributed by atoms with van der Waals surface area (Å²) in [5, 5.41) is 0. The van der Waals surface area contributed by atoms with Gasteiger partial charge in [0.05, 0.1) is 12.1 Å². The van der Waals surface area contributed by atoms with Gasteiger partial charge in [0.15, 0.2) is 0 Å². The van der Waals surface area contributed by atoms with Crippen molar-refractivity contribution < 1.29 is 18.8 Å². The Morgan fingerprint density at radius 2 is 1.64 bits per heavy atom. The molecule has 33 heavy (non-hydrogen) atoms. The lowest BCUT2D eigenvalue weighted by molar-refractivity contribution is -0.143. The summed E-state index contributed by atoms with van der Waals surface area (Å²) in [4.78, 5) is 42.7. The first-order chi connectivity index (χ1) is 15.8. The van der Waals surface area contributed by atoms with Crippen LogP contribution in [0.3, 0.4) is 0 Å². The van der Waals surface area contributed by atoms with E-state index in [0.29, 0.717) is 11.6 Å². The normalized spacial score (nSPS) is 19.4. The summed E-state index contributed by atoms with van der Waals surface area (Å²) in [6.45, 7) is 4.35. The number of anilines is 1. The van der Waals surface area contributed by atoms with E-state index in [-0.39, 0.29) is 42.4 Å². The van der Waals surface area contributed by atoms with E-state index >= 15 is 0 Å². The van der Waals surface area contributed by atoms with Gasteiger partial charge in [-0.25, -0.2) is 9.29 Å². The van der Waals surface area contributed by atoms with Gasteiger partial charge in [-0.2, -0.15) is 0 Å². The van der Waals surface area contributed by atoms with Crippen LogP contribution >= 0.6 is 0 Å². The third kappa shape index (κ3) is 5.00. The summed E-state index contributed by atoms with van der Waals surface area (Å²) in [7, 11) is 0. The molecular weight excluding hydrogens is 419 g/mol. The van der Waals surface area contributed by atoms with Crippen LogP contribution in [0.4, 0.5) is 10.1 Å². The molecule has 0 bridgehead atoms. The Morgan fingerprint density at radius 3 is 2.24 bits per heavy atom. The molecule has 2 aliphatic rings. The lowest BCUT2D eigenvalue weighted by Gasteiger charge is -2.32. The molecule has 2 fully saturated rings. The van der Waals surface area contributed by atoms with Gasteiger partial charge < -0.3 is 4.90 Å². The molecule has 1 saturated carbocycles. The van der Waals surface area contributed by atoms with Crippen molar-refractivity contribution in [2.24, 2.45) is 5.92 Å². The maximum absolute atomic E-state index is 13.5. The molecule has 6 heteroatoms. The van der Waals surface area contributed by atoms with E-state index in [1.807, 2.05) is 12.1 Å². The van der Waals surface area contributed by atoms with Crippen molar-refractivity contribution in [3.8, 4) is 0 Å². The number of hydrogen-bond donors (Lipinski definition) is 0. The quantitative estimate of drug-likeness (QED) is 0.569. The maximum atomic E-state index is 13.5. The van der Waals surface area contributed by atoms with E-state index < -0.39 is 6.04 Å². The molecule has 2 aromatic carbocycles. The van der Waals surface area contributed by atoms with Gasteiger partial charge in [-0.15, -0.1) is 0 Å². The highest BCUT2D eigenvalue weighted by atomic mass is 19.1. The summed E-state index contributed by atoms with van der Waals surface area (Å²) < 4.78 is 13.4. The van der Waals surface area contributed by atoms with Crippen molar-refractivity contribution in [1.82, 2.24) is 4.90 Å². The zero-order valence-corrected chi connectivity index (χ0v) is 19.3. The van der Waals surface area contributed by atoms with E-state index in [0.717, 1.165) is 43.2 Å². The minimum absolute atomic E-state index is 0.0373. The predicted molar refractivity (Wildman–Crippen MR) is 125 cm³/mol. The van der Waals surface area contributed by atoms with Crippen molar-refractivity contribution >= 4 is 23.4 Å². The summed E-state index contributed by atoms with van der Waals surface area (Å²) in [6.07, 6.45) is 4.66. The number of halogens is 1. The van der Waals surface area contributed by atoms with Gasteiger partial charge in [-0.1, -0.05) is 57.4 Å². The Kier molecular flexibility index (Phi) is 6.91. The van der Waals surface area contributed by atoms with Gasteiger partial charge in [0.25, 0.3) is 5.91 Å². The number of benzene rings is 2. The number of imide groups is 1. The van der Waals surface area contributed by atoms with Gasteiger partial charge in [0.2, 0.25) is 11.8 Å². The highest BCUT2D eigenvalue weighted by molar-refractivity contribution is 6.23. The van der Waals surface area contributed by atoms with Crippen LogP contribution in [0.5, 0.6) is 0 Å². The molecule has 174 valence electrons. The number of rotatable bonds is 6. The van der Waals surface area contributed by atoms with Crippen LogP contribution in [0.15, 0.2) is 48.5 Å². The minimum atomic E-state index is -0.846. The number of carbonyl (C=O) groups is 3. The van der Waals surface area contributed by atoms with Crippen molar-refractivity contribution in [3.63, 3.8) is 0 Å². The fourth-order valence-corrected chi connectivity index (χ4v) is 4.85. The Hall–Kier alpha value is -3.02. The molecule has 0 radical (unpaired) electrons. The summed E-state index contributed by atoms with van der Waals surface area (Å²) in [6, 6.07) is 12.5. The van der Waals surface area contributed by atoms with Crippen LogP contribution in [0.1, 0.15) is 69.4 Å². The topological polar surface area (TPSA) is 57.7 Å². The van der Waals surface area contributed by atoms with Crippen LogP contribution in [0.2, 0.25) is 0 Å². The first kappa shape index (κ1) is 23.1. The largest absolute Gasteiger partial charge is 0.326 e. The highest BCUT2D eigenvalue weighted by Gasteiger charge is 2.45. The van der Waals surface area contributed by atoms with Gasteiger partial charge in [-0.05, 0) is 54.2 Å². The van der Waals surface area contributed by atoms with E-state index in [9.17, 15) is 18.8 Å². The van der Waals surface area contributed by atoms with Crippen molar-refractivity contribution in [2.75, 3.05) is 4.90 Å². The average molecular weight is 451 g/mol. The van der Waals surface area contributed by atoms with Crippen LogP contribution in [-0.2, 0) is 20.9 Å². The van der Waals surface area contributed by atoms with Crippen LogP contribution < -0.4 is 4.90 Å². The maximum Gasteiger partial charge on any atom is 0.257 e. The van der Waals surface area contributed by atoms with E-state index in [1.165, 1.54) is 17.0 Å². The van der Waals surface area contributed by atoms with Crippen LogP contribution in [-0.4, -0.2) is 28.7 Å². The van der Waals surface area contributed by atoms with Gasteiger partial charge in [0.1, 0.15) is 11.9 Å². The summed E-state index contributed by atoms with van der Waals surface area (Å²) in [5.74, 6) is -0.904. The monoisotopic (exact) mass is 450 g/mol. The number of carbonyl (C=O) groups excluding carboxylic acids is 3. The smallest absolute Gasteiger partial charge is 0.257 e. The van der Waals surface area contributed by atoms with Gasteiger partial charge >= 0.3 is 0 Å². The molecule has 0 spiro atoms. The van der Waals surface area contributed by atoms with Crippen molar-refractivity contribution in [2.45, 2.75) is 70.9 Å². The summed E-state index contributed by atoms with van der Waals surface area (Å²) in [5.41, 5.74) is 2.39. The standard InChI is InChI=1S/C27H31FN2O3/c1-18(2)20-10-14-23(15-11-20)30-25(31)16-24(27(30)33)29(17-19-8-12-22(28)13-9-19)26(32)21-6-4-3-5-7-21/h8-15,18,21,24H,3-7,16-17H2,1-2H3. The third-order valence-electron chi connectivity index (χ3n) is 6.82. The third-order valence-corrected chi connectivity index (χ3v) is 6.82. The van der Waals surface area contributed by atoms with Crippen molar-refractivity contribution in [3.05, 3.63) is 65.5 Å². The second kappa shape index (κ2) is 9.86. The molecule has 1 heterocycles. The molecule has 5 nitrogen and oxygen atoms in total. The molecule has 4 rings (SSSR count). The Morgan fingerprint density at radius 1 is 1.00 bits per heavy atom. The van der Waals surface area contributed by atoms with Crippen LogP contribution in [0, 0.1) is 11.7 Å². The van der Waals surface area contributed by atoms with Gasteiger partial charge in [-0.3, -0.25) is 14.4 Å². The lowest BCUT2D eigenvalue weighted by Crippen LogP contribution is -2.47. The Balaban J connectivity index is 1.61. The second-order valence-corrected chi connectivity index (χ2v) is 9.46. The molecule has 0 N–H and O–H groups in total. The van der Waals surface area contributed by atoms with Crippen molar-refractivity contribution in [1.29, 1.82) is 0 Å².